The summed E-state index contributed by atoms with van der Waals surface area (Å²) in [6.07, 6.45) is -2.33. The van der Waals surface area contributed by atoms with E-state index in [9.17, 15) is 0 Å². The van der Waals surface area contributed by atoms with Gasteiger partial charge >= 0.3 is 0 Å². The van der Waals surface area contributed by atoms with Gasteiger partial charge in [-0.25, -0.2) is 0 Å². The van der Waals surface area contributed by atoms with Crippen LogP contribution >= 0.6 is 34.8 Å². The van der Waals surface area contributed by atoms with Crippen LogP contribution in [0.1, 0.15) is 23.6 Å². The van der Waals surface area contributed by atoms with Crippen molar-refractivity contribution in [2.24, 2.45) is 0 Å². The smallest absolute Gasteiger partial charge is 0.186 e. The molecule has 1 saturated heterocycles. The van der Waals surface area contributed by atoms with E-state index in [1.807, 2.05) is 79.7 Å². The van der Waals surface area contributed by atoms with Crippen molar-refractivity contribution in [2.45, 2.75) is 57.5 Å². The molecule has 1 aliphatic rings. The van der Waals surface area contributed by atoms with Crippen molar-refractivity contribution < 1.29 is 23.7 Å². The molecule has 0 aliphatic carbocycles. The predicted octanol–water partition coefficient (Wildman–Crippen LogP) is 7.09. The molecule has 0 saturated carbocycles. The van der Waals surface area contributed by atoms with Crippen molar-refractivity contribution in [3.8, 4) is 0 Å². The van der Waals surface area contributed by atoms with Crippen molar-refractivity contribution in [3.05, 3.63) is 105 Å². The quantitative estimate of drug-likeness (QED) is 0.269. The first-order valence-electron chi connectivity index (χ1n) is 11.7. The van der Waals surface area contributed by atoms with Crippen LogP contribution in [-0.2, 0) is 43.5 Å². The Labute approximate surface area is 227 Å². The number of methoxy groups -OCH3 is 1. The lowest BCUT2D eigenvalue weighted by Crippen LogP contribution is -2.59. The van der Waals surface area contributed by atoms with Gasteiger partial charge in [0.05, 0.1) is 25.9 Å². The molecular weight excluding hydrogens is 523 g/mol. The fourth-order valence-corrected chi connectivity index (χ4v) is 4.46. The lowest BCUT2D eigenvalue weighted by molar-refractivity contribution is -0.314. The number of ether oxygens (including phenoxy) is 5. The van der Waals surface area contributed by atoms with E-state index in [0.717, 1.165) is 16.7 Å². The van der Waals surface area contributed by atoms with Crippen LogP contribution in [0.2, 0.25) is 15.1 Å². The minimum atomic E-state index is -0.627. The maximum absolute atomic E-state index is 6.46. The first kappa shape index (κ1) is 27.4. The Bertz CT molecular complexity index is 1080. The van der Waals surface area contributed by atoms with Gasteiger partial charge in [0.2, 0.25) is 0 Å². The molecule has 8 heteroatoms. The Morgan fingerprint density at radius 1 is 0.583 bits per heavy atom. The van der Waals surface area contributed by atoms with Crippen LogP contribution in [0.3, 0.4) is 0 Å². The molecule has 0 radical (unpaired) electrons. The van der Waals surface area contributed by atoms with Gasteiger partial charge in [-0.1, -0.05) is 71.2 Å². The van der Waals surface area contributed by atoms with Crippen LogP contribution in [0.4, 0.5) is 0 Å². The topological polar surface area (TPSA) is 46.2 Å². The number of hydrogen-bond acceptors (Lipinski definition) is 5. The zero-order valence-electron chi connectivity index (χ0n) is 20.1. The van der Waals surface area contributed by atoms with Crippen molar-refractivity contribution in [3.63, 3.8) is 0 Å². The zero-order chi connectivity index (χ0) is 25.5. The fourth-order valence-electron chi connectivity index (χ4n) is 4.08. The molecule has 4 rings (SSSR count). The highest BCUT2D eigenvalue weighted by Gasteiger charge is 2.47. The first-order valence-corrected chi connectivity index (χ1v) is 12.8. The standard InChI is InChI=1S/C28H29Cl3O5/c1-18-25(33-15-19-3-9-22(29)10-4-19)26(34-16-20-5-11-23(30)12-6-20)27(28(32-2)36-18)35-17-21-7-13-24(31)14-8-21/h3-14,18,25-28H,15-17H2,1-2H3/t18-,25+,26+,27-,28+/m1/s1. The average Bonchev–Trinajstić information content (AvgIpc) is 2.88. The number of hydrogen-bond donors (Lipinski definition) is 0. The van der Waals surface area contributed by atoms with E-state index < -0.39 is 24.6 Å². The summed E-state index contributed by atoms with van der Waals surface area (Å²) in [7, 11) is 1.60. The lowest BCUT2D eigenvalue weighted by atomic mass is 9.98. The van der Waals surface area contributed by atoms with Crippen LogP contribution < -0.4 is 0 Å². The molecular formula is C28H29Cl3O5. The van der Waals surface area contributed by atoms with E-state index in [2.05, 4.69) is 0 Å². The van der Waals surface area contributed by atoms with Gasteiger partial charge in [0.15, 0.2) is 6.29 Å². The van der Waals surface area contributed by atoms with Gasteiger partial charge in [0, 0.05) is 22.2 Å². The molecule has 0 spiro atoms. The average molecular weight is 552 g/mol. The third-order valence-electron chi connectivity index (χ3n) is 6.03. The SMILES string of the molecule is CO[C@H]1O[C@H](C)[C@H](OCc2ccc(Cl)cc2)[C@H](OCc2ccc(Cl)cc2)[C@H]1OCc1ccc(Cl)cc1. The summed E-state index contributed by atoms with van der Waals surface area (Å²) >= 11 is 18.1. The number of benzene rings is 3. The molecule has 0 amide bonds. The van der Waals surface area contributed by atoms with Gasteiger partial charge in [-0.05, 0) is 60.0 Å². The van der Waals surface area contributed by atoms with Crippen LogP contribution in [-0.4, -0.2) is 37.8 Å². The van der Waals surface area contributed by atoms with Crippen molar-refractivity contribution >= 4 is 34.8 Å². The normalized spacial score (nSPS) is 24.1. The highest BCUT2D eigenvalue weighted by Crippen LogP contribution is 2.31. The predicted molar refractivity (Wildman–Crippen MR) is 141 cm³/mol. The largest absolute Gasteiger partial charge is 0.368 e. The van der Waals surface area contributed by atoms with Gasteiger partial charge in [-0.2, -0.15) is 0 Å². The van der Waals surface area contributed by atoms with Crippen molar-refractivity contribution in [1.29, 1.82) is 0 Å². The second kappa shape index (κ2) is 13.2. The van der Waals surface area contributed by atoms with Gasteiger partial charge in [0.1, 0.15) is 18.3 Å². The molecule has 3 aromatic rings. The van der Waals surface area contributed by atoms with Gasteiger partial charge < -0.3 is 23.7 Å². The summed E-state index contributed by atoms with van der Waals surface area (Å²) in [5.74, 6) is 0. The fraction of sp³-hybridized carbons (Fsp3) is 0.357. The van der Waals surface area contributed by atoms with Crippen molar-refractivity contribution in [2.75, 3.05) is 7.11 Å². The van der Waals surface area contributed by atoms with Gasteiger partial charge in [0.25, 0.3) is 0 Å². The molecule has 1 heterocycles. The van der Waals surface area contributed by atoms with Crippen LogP contribution in [0.25, 0.3) is 0 Å². The molecule has 1 fully saturated rings. The zero-order valence-corrected chi connectivity index (χ0v) is 22.4. The van der Waals surface area contributed by atoms with E-state index in [1.165, 1.54) is 0 Å². The highest BCUT2D eigenvalue weighted by atomic mass is 35.5. The Balaban J connectivity index is 1.54. The maximum Gasteiger partial charge on any atom is 0.186 e. The minimum Gasteiger partial charge on any atom is -0.368 e. The van der Waals surface area contributed by atoms with Gasteiger partial charge in [-0.3, -0.25) is 0 Å². The molecule has 36 heavy (non-hydrogen) atoms. The molecule has 0 aromatic heterocycles. The Kier molecular flexibility index (Phi) is 10.1. The molecule has 192 valence electrons. The van der Waals surface area contributed by atoms with E-state index >= 15 is 0 Å². The first-order chi connectivity index (χ1) is 17.4. The maximum atomic E-state index is 6.46. The summed E-state index contributed by atoms with van der Waals surface area (Å²) in [6, 6.07) is 22.6. The van der Waals surface area contributed by atoms with E-state index in [4.69, 9.17) is 58.5 Å². The van der Waals surface area contributed by atoms with E-state index in [0.29, 0.717) is 34.9 Å². The molecule has 5 atom stereocenters. The third kappa shape index (κ3) is 7.44. The number of rotatable bonds is 10. The van der Waals surface area contributed by atoms with Crippen molar-refractivity contribution in [1.82, 2.24) is 0 Å². The Morgan fingerprint density at radius 3 is 1.33 bits per heavy atom. The summed E-state index contributed by atoms with van der Waals surface area (Å²) in [5, 5.41) is 2.02. The van der Waals surface area contributed by atoms with Crippen LogP contribution in [0, 0.1) is 0 Å². The number of halogens is 3. The second-order valence-corrected chi connectivity index (χ2v) is 9.96. The highest BCUT2D eigenvalue weighted by molar-refractivity contribution is 6.31. The molecule has 5 nitrogen and oxygen atoms in total. The van der Waals surface area contributed by atoms with Gasteiger partial charge in [-0.15, -0.1) is 0 Å². The summed E-state index contributed by atoms with van der Waals surface area (Å²) in [6.45, 7) is 3.02. The third-order valence-corrected chi connectivity index (χ3v) is 6.78. The van der Waals surface area contributed by atoms with E-state index in [-0.39, 0.29) is 6.10 Å². The summed E-state index contributed by atoms with van der Waals surface area (Å²) in [5.41, 5.74) is 2.96. The summed E-state index contributed by atoms with van der Waals surface area (Å²) in [4.78, 5) is 0. The summed E-state index contributed by atoms with van der Waals surface area (Å²) < 4.78 is 31.0. The monoisotopic (exact) mass is 550 g/mol. The van der Waals surface area contributed by atoms with Crippen LogP contribution in [0.5, 0.6) is 0 Å². The minimum absolute atomic E-state index is 0.298. The molecule has 0 unspecified atom stereocenters. The molecule has 0 N–H and O–H groups in total. The molecule has 0 bridgehead atoms. The lowest BCUT2D eigenvalue weighted by Gasteiger charge is -2.44. The van der Waals surface area contributed by atoms with E-state index in [1.54, 1.807) is 7.11 Å². The molecule has 3 aromatic carbocycles. The second-order valence-electron chi connectivity index (χ2n) is 8.65. The Hall–Kier alpha value is -1.67. The van der Waals surface area contributed by atoms with Crippen LogP contribution in [0.15, 0.2) is 72.8 Å². The molecule has 1 aliphatic heterocycles. The Morgan fingerprint density at radius 2 is 0.944 bits per heavy atom.